The first-order valence-corrected chi connectivity index (χ1v) is 4.58. The summed E-state index contributed by atoms with van der Waals surface area (Å²) in [6, 6.07) is 3.68. The normalized spacial score (nSPS) is 9.77. The van der Waals surface area contributed by atoms with Crippen molar-refractivity contribution in [1.29, 1.82) is 0 Å². The molecule has 0 aromatic heterocycles. The Kier molecular flexibility index (Phi) is 3.64. The van der Waals surface area contributed by atoms with Crippen molar-refractivity contribution in [3.8, 4) is 5.75 Å². The van der Waals surface area contributed by atoms with Gasteiger partial charge in [0, 0.05) is 0 Å². The van der Waals surface area contributed by atoms with E-state index in [0.29, 0.717) is 22.2 Å². The molecule has 13 heavy (non-hydrogen) atoms. The van der Waals surface area contributed by atoms with E-state index in [-0.39, 0.29) is 0 Å². The average molecular weight is 217 g/mol. The summed E-state index contributed by atoms with van der Waals surface area (Å²) in [6.45, 7) is 3.64. The molecule has 0 unspecified atom stereocenters. The van der Waals surface area contributed by atoms with Gasteiger partial charge in [-0.15, -0.1) is 6.58 Å². The topological polar surface area (TPSA) is 9.23 Å². The number of hydrogen-bond donors (Lipinski definition) is 0. The molecule has 0 saturated carbocycles. The van der Waals surface area contributed by atoms with Crippen LogP contribution in [0.4, 0.5) is 0 Å². The molecule has 0 amide bonds. The van der Waals surface area contributed by atoms with Crippen molar-refractivity contribution >= 4 is 23.2 Å². The summed E-state index contributed by atoms with van der Waals surface area (Å²) in [7, 11) is 1.56. The van der Waals surface area contributed by atoms with Crippen molar-refractivity contribution in [2.24, 2.45) is 0 Å². The fourth-order valence-corrected chi connectivity index (χ4v) is 1.54. The van der Waals surface area contributed by atoms with E-state index in [1.54, 1.807) is 19.3 Å². The van der Waals surface area contributed by atoms with Crippen molar-refractivity contribution in [3.05, 3.63) is 40.4 Å². The number of benzene rings is 1. The molecule has 0 radical (unpaired) electrons. The van der Waals surface area contributed by atoms with Crippen LogP contribution >= 0.6 is 23.2 Å². The molecule has 1 aromatic rings. The number of rotatable bonds is 3. The first kappa shape index (κ1) is 10.4. The van der Waals surface area contributed by atoms with E-state index in [0.717, 1.165) is 5.56 Å². The molecule has 0 fully saturated rings. The molecule has 0 heterocycles. The highest BCUT2D eigenvalue weighted by Crippen LogP contribution is 2.34. The van der Waals surface area contributed by atoms with Crippen molar-refractivity contribution in [2.75, 3.05) is 7.11 Å². The van der Waals surface area contributed by atoms with Gasteiger partial charge < -0.3 is 4.74 Å². The number of allylic oxidation sites excluding steroid dienone is 1. The molecular formula is C10H10Cl2O. The third-order valence-corrected chi connectivity index (χ3v) is 2.61. The van der Waals surface area contributed by atoms with Crippen LogP contribution in [0.1, 0.15) is 5.56 Å². The largest absolute Gasteiger partial charge is 0.495 e. The average Bonchev–Trinajstić information content (AvgIpc) is 2.14. The lowest BCUT2D eigenvalue weighted by molar-refractivity contribution is 0.415. The molecule has 0 spiro atoms. The van der Waals surface area contributed by atoms with Gasteiger partial charge >= 0.3 is 0 Å². The van der Waals surface area contributed by atoms with Crippen LogP contribution in [0.5, 0.6) is 5.75 Å². The molecule has 0 atom stereocenters. The van der Waals surface area contributed by atoms with E-state index in [1.165, 1.54) is 0 Å². The Bertz CT molecular complexity index is 321. The van der Waals surface area contributed by atoms with Gasteiger partial charge in [-0.25, -0.2) is 0 Å². The maximum atomic E-state index is 6.00. The summed E-state index contributed by atoms with van der Waals surface area (Å²) in [6.07, 6.45) is 2.49. The fourth-order valence-electron chi connectivity index (χ4n) is 1.04. The fraction of sp³-hybridized carbons (Fsp3) is 0.200. The highest BCUT2D eigenvalue weighted by atomic mass is 35.5. The summed E-state index contributed by atoms with van der Waals surface area (Å²) in [5.41, 5.74) is 0.961. The molecular weight excluding hydrogens is 207 g/mol. The van der Waals surface area contributed by atoms with E-state index < -0.39 is 0 Å². The molecule has 0 N–H and O–H groups in total. The number of ether oxygens (including phenoxy) is 1. The lowest BCUT2D eigenvalue weighted by Crippen LogP contribution is -1.89. The summed E-state index contributed by atoms with van der Waals surface area (Å²) < 4.78 is 5.02. The quantitative estimate of drug-likeness (QED) is 0.701. The minimum absolute atomic E-state index is 0.462. The van der Waals surface area contributed by atoms with Gasteiger partial charge in [-0.2, -0.15) is 0 Å². The summed E-state index contributed by atoms with van der Waals surface area (Å²) in [5.74, 6) is 0.597. The molecule has 70 valence electrons. The van der Waals surface area contributed by atoms with Crippen LogP contribution in [0, 0.1) is 0 Å². The maximum Gasteiger partial charge on any atom is 0.138 e. The monoisotopic (exact) mass is 216 g/mol. The summed E-state index contributed by atoms with van der Waals surface area (Å²) in [5, 5.41) is 1.00. The van der Waals surface area contributed by atoms with Gasteiger partial charge in [0.15, 0.2) is 0 Å². The van der Waals surface area contributed by atoms with Crippen molar-refractivity contribution in [3.63, 3.8) is 0 Å². The first-order valence-electron chi connectivity index (χ1n) is 3.82. The standard InChI is InChI=1S/C10H10Cl2O/c1-3-4-7-5-6-8(13-2)10(12)9(7)11/h3,5-6H,1,4H2,2H3. The molecule has 0 aliphatic rings. The smallest absolute Gasteiger partial charge is 0.138 e. The number of hydrogen-bond acceptors (Lipinski definition) is 1. The first-order chi connectivity index (χ1) is 6.20. The Hall–Kier alpha value is -0.660. The van der Waals surface area contributed by atoms with Crippen LogP contribution in [-0.4, -0.2) is 7.11 Å². The zero-order chi connectivity index (χ0) is 9.84. The molecule has 0 aliphatic heterocycles. The van der Waals surface area contributed by atoms with Crippen LogP contribution in [-0.2, 0) is 6.42 Å². The van der Waals surface area contributed by atoms with Gasteiger partial charge in [0.1, 0.15) is 10.8 Å². The van der Waals surface area contributed by atoms with Crippen LogP contribution in [0.3, 0.4) is 0 Å². The van der Waals surface area contributed by atoms with Crippen LogP contribution in [0.2, 0.25) is 10.0 Å². The minimum Gasteiger partial charge on any atom is -0.495 e. The Morgan fingerprint density at radius 2 is 2.08 bits per heavy atom. The number of halogens is 2. The van der Waals surface area contributed by atoms with Crippen molar-refractivity contribution in [2.45, 2.75) is 6.42 Å². The van der Waals surface area contributed by atoms with E-state index in [1.807, 2.05) is 6.07 Å². The van der Waals surface area contributed by atoms with Crippen LogP contribution in [0.15, 0.2) is 24.8 Å². The second kappa shape index (κ2) is 4.54. The Balaban J connectivity index is 3.14. The predicted octanol–water partition coefficient (Wildman–Crippen LogP) is 3.73. The molecule has 3 heteroatoms. The molecule has 1 nitrogen and oxygen atoms in total. The summed E-state index contributed by atoms with van der Waals surface area (Å²) >= 11 is 11.9. The van der Waals surface area contributed by atoms with Crippen molar-refractivity contribution in [1.82, 2.24) is 0 Å². The minimum atomic E-state index is 0.462. The highest BCUT2D eigenvalue weighted by molar-refractivity contribution is 6.43. The van der Waals surface area contributed by atoms with E-state index >= 15 is 0 Å². The van der Waals surface area contributed by atoms with Gasteiger partial charge in [-0.05, 0) is 18.1 Å². The third kappa shape index (κ3) is 2.17. The van der Waals surface area contributed by atoms with E-state index in [2.05, 4.69) is 6.58 Å². The molecule has 0 saturated heterocycles. The Morgan fingerprint density at radius 1 is 1.38 bits per heavy atom. The summed E-state index contributed by atoms with van der Waals surface area (Å²) in [4.78, 5) is 0. The zero-order valence-electron chi connectivity index (χ0n) is 7.31. The molecule has 1 rings (SSSR count). The maximum absolute atomic E-state index is 6.00. The Labute approximate surface area is 87.9 Å². The third-order valence-electron chi connectivity index (χ3n) is 1.71. The second-order valence-electron chi connectivity index (χ2n) is 2.55. The van der Waals surface area contributed by atoms with Crippen molar-refractivity contribution < 1.29 is 4.74 Å². The van der Waals surface area contributed by atoms with E-state index in [9.17, 15) is 0 Å². The van der Waals surface area contributed by atoms with Crippen LogP contribution in [0.25, 0.3) is 0 Å². The van der Waals surface area contributed by atoms with Gasteiger partial charge in [0.2, 0.25) is 0 Å². The molecule has 1 aromatic carbocycles. The van der Waals surface area contributed by atoms with E-state index in [4.69, 9.17) is 27.9 Å². The predicted molar refractivity (Wildman–Crippen MR) is 56.9 cm³/mol. The number of methoxy groups -OCH3 is 1. The zero-order valence-corrected chi connectivity index (χ0v) is 8.82. The molecule has 0 bridgehead atoms. The van der Waals surface area contributed by atoms with Gasteiger partial charge in [0.05, 0.1) is 12.1 Å². The highest BCUT2D eigenvalue weighted by Gasteiger charge is 2.08. The Morgan fingerprint density at radius 3 is 2.62 bits per heavy atom. The van der Waals surface area contributed by atoms with Gasteiger partial charge in [-0.1, -0.05) is 35.3 Å². The second-order valence-corrected chi connectivity index (χ2v) is 3.30. The lowest BCUT2D eigenvalue weighted by atomic mass is 10.1. The van der Waals surface area contributed by atoms with Gasteiger partial charge in [0.25, 0.3) is 0 Å². The van der Waals surface area contributed by atoms with Gasteiger partial charge in [-0.3, -0.25) is 0 Å². The lowest BCUT2D eigenvalue weighted by Gasteiger charge is -2.07. The van der Waals surface area contributed by atoms with Crippen LogP contribution < -0.4 is 4.74 Å². The molecule has 0 aliphatic carbocycles. The SMILES string of the molecule is C=CCc1ccc(OC)c(Cl)c1Cl.